The van der Waals surface area contributed by atoms with E-state index in [9.17, 15) is 17.6 Å². The summed E-state index contributed by atoms with van der Waals surface area (Å²) in [5.74, 6) is 0.772. The maximum atomic E-state index is 14.3. The van der Waals surface area contributed by atoms with Crippen molar-refractivity contribution in [3.63, 3.8) is 0 Å². The Morgan fingerprint density at radius 1 is 1.06 bits per heavy atom. The summed E-state index contributed by atoms with van der Waals surface area (Å²) in [4.78, 5) is 2.52. The zero-order chi connectivity index (χ0) is 23.9. The van der Waals surface area contributed by atoms with E-state index in [1.165, 1.54) is 12.1 Å². The molecule has 2 aromatic rings. The topological polar surface area (TPSA) is 50.3 Å². The smallest absolute Gasteiger partial charge is 0.381 e. The molecule has 5 nitrogen and oxygen atoms in total. The largest absolute Gasteiger partial charge is 0.420 e. The van der Waals surface area contributed by atoms with Gasteiger partial charge in [0.15, 0.2) is 5.82 Å². The molecule has 34 heavy (non-hydrogen) atoms. The van der Waals surface area contributed by atoms with E-state index >= 15 is 0 Å². The number of likely N-dealkylation sites (tertiary alicyclic amines) is 1. The van der Waals surface area contributed by atoms with Crippen molar-refractivity contribution in [2.75, 3.05) is 38.2 Å². The third-order valence-corrected chi connectivity index (χ3v) is 7.52. The van der Waals surface area contributed by atoms with E-state index in [4.69, 9.17) is 4.74 Å². The van der Waals surface area contributed by atoms with Crippen LogP contribution in [0.25, 0.3) is 11.3 Å². The molecule has 1 aliphatic carbocycles. The molecule has 1 aromatic carbocycles. The Balaban J connectivity index is 1.26. The number of anilines is 1. The molecule has 184 valence electrons. The monoisotopic (exact) mass is 478 g/mol. The fourth-order valence-corrected chi connectivity index (χ4v) is 5.83. The summed E-state index contributed by atoms with van der Waals surface area (Å²) in [5, 5.41) is 10.8. The maximum Gasteiger partial charge on any atom is 0.420 e. The van der Waals surface area contributed by atoms with Gasteiger partial charge in [-0.05, 0) is 74.1 Å². The van der Waals surface area contributed by atoms with Crippen molar-refractivity contribution in [3.8, 4) is 11.3 Å². The first-order valence-electron chi connectivity index (χ1n) is 12.0. The van der Waals surface area contributed by atoms with Crippen LogP contribution >= 0.6 is 0 Å². The predicted molar refractivity (Wildman–Crippen MR) is 121 cm³/mol. The van der Waals surface area contributed by atoms with Crippen LogP contribution in [-0.4, -0.2) is 54.0 Å². The van der Waals surface area contributed by atoms with Crippen molar-refractivity contribution in [1.82, 2.24) is 15.1 Å². The number of fused-ring (bicyclic) bond motifs is 1. The van der Waals surface area contributed by atoms with Gasteiger partial charge in [-0.1, -0.05) is 6.07 Å². The average molecular weight is 479 g/mol. The lowest BCUT2D eigenvalue weighted by atomic mass is 10.00. The molecule has 0 amide bonds. The van der Waals surface area contributed by atoms with E-state index in [1.807, 2.05) is 0 Å². The van der Waals surface area contributed by atoms with Crippen molar-refractivity contribution in [2.24, 2.45) is 17.8 Å². The molecule has 1 aromatic heterocycles. The van der Waals surface area contributed by atoms with E-state index < -0.39 is 17.6 Å². The first-order chi connectivity index (χ1) is 16.3. The highest BCUT2D eigenvalue weighted by atomic mass is 19.4. The van der Waals surface area contributed by atoms with Crippen molar-refractivity contribution in [1.29, 1.82) is 0 Å². The Morgan fingerprint density at radius 3 is 2.41 bits per heavy atom. The van der Waals surface area contributed by atoms with Crippen LogP contribution in [0.3, 0.4) is 0 Å². The van der Waals surface area contributed by atoms with Gasteiger partial charge in [-0.3, -0.25) is 0 Å². The predicted octanol–water partition coefficient (Wildman–Crippen LogP) is 5.16. The maximum absolute atomic E-state index is 14.3. The lowest BCUT2D eigenvalue weighted by molar-refractivity contribution is -0.137. The Bertz CT molecular complexity index is 1010. The number of aryl methyl sites for hydroxylation is 1. The standard InChI is InChI=1S/C25H30F4N4O/c1-15-2-3-20(22(26)8-15)23-11-21(25(27,28)29)24(32-31-23)30-19-9-17-13-33(14-18(17)10-19)12-16-4-6-34-7-5-16/h2-3,8,11,16-19H,4-7,9-10,12-14H2,1H3,(H,30,32)/t17-,18-/m1/s1. The van der Waals surface area contributed by atoms with Crippen LogP contribution in [0.4, 0.5) is 23.4 Å². The molecule has 5 rings (SSSR count). The van der Waals surface area contributed by atoms with Crippen LogP contribution < -0.4 is 5.32 Å². The molecule has 2 aliphatic heterocycles. The molecular formula is C25H30F4N4O. The minimum atomic E-state index is -4.62. The van der Waals surface area contributed by atoms with Crippen LogP contribution in [0.15, 0.2) is 24.3 Å². The summed E-state index contributed by atoms with van der Waals surface area (Å²) < 4.78 is 61.4. The Hall–Kier alpha value is -2.26. The number of aromatic nitrogens is 2. The second-order valence-electron chi connectivity index (χ2n) is 10.1. The van der Waals surface area contributed by atoms with Crippen LogP contribution in [0.1, 0.15) is 36.8 Å². The highest BCUT2D eigenvalue weighted by Crippen LogP contribution is 2.42. The SMILES string of the molecule is Cc1ccc(-c2cc(C(F)(F)F)c(NC3C[C@@H]4CN(CC5CCOCC5)C[C@H]4C3)nn2)c(F)c1. The fraction of sp³-hybridized carbons (Fsp3) is 0.600. The van der Waals surface area contributed by atoms with Gasteiger partial charge in [0.1, 0.15) is 11.4 Å². The molecule has 3 heterocycles. The quantitative estimate of drug-likeness (QED) is 0.602. The van der Waals surface area contributed by atoms with Crippen LogP contribution in [-0.2, 0) is 10.9 Å². The van der Waals surface area contributed by atoms with E-state index in [1.54, 1.807) is 13.0 Å². The minimum absolute atomic E-state index is 0.00941. The molecular weight excluding hydrogens is 448 g/mol. The first-order valence-corrected chi connectivity index (χ1v) is 12.0. The number of alkyl halides is 3. The normalized spacial score (nSPS) is 24.5. The molecule has 3 aliphatic rings. The number of nitrogens with one attached hydrogen (secondary N) is 1. The van der Waals surface area contributed by atoms with Gasteiger partial charge in [0.05, 0.1) is 5.69 Å². The van der Waals surface area contributed by atoms with E-state index in [0.29, 0.717) is 23.3 Å². The summed E-state index contributed by atoms with van der Waals surface area (Å²) in [7, 11) is 0. The third kappa shape index (κ3) is 5.05. The number of hydrogen-bond acceptors (Lipinski definition) is 5. The molecule has 1 N–H and O–H groups in total. The Kier molecular flexibility index (Phi) is 6.50. The van der Waals surface area contributed by atoms with Gasteiger partial charge in [-0.25, -0.2) is 4.39 Å². The molecule has 0 radical (unpaired) electrons. The second-order valence-corrected chi connectivity index (χ2v) is 10.1. The van der Waals surface area contributed by atoms with Crippen LogP contribution in [0, 0.1) is 30.5 Å². The Morgan fingerprint density at radius 2 is 1.76 bits per heavy atom. The zero-order valence-corrected chi connectivity index (χ0v) is 19.2. The fourth-order valence-electron chi connectivity index (χ4n) is 5.83. The van der Waals surface area contributed by atoms with Crippen molar-refractivity contribution >= 4 is 5.82 Å². The lowest BCUT2D eigenvalue weighted by Crippen LogP contribution is -2.32. The number of hydrogen-bond donors (Lipinski definition) is 1. The minimum Gasteiger partial charge on any atom is -0.381 e. The summed E-state index contributed by atoms with van der Waals surface area (Å²) in [6.45, 7) is 6.50. The van der Waals surface area contributed by atoms with Gasteiger partial charge >= 0.3 is 6.18 Å². The summed E-state index contributed by atoms with van der Waals surface area (Å²) in [6, 6.07) is 5.18. The number of benzene rings is 1. The van der Waals surface area contributed by atoms with Gasteiger partial charge in [0.2, 0.25) is 0 Å². The third-order valence-electron chi connectivity index (χ3n) is 7.52. The van der Waals surface area contributed by atoms with Crippen molar-refractivity contribution in [2.45, 2.75) is 44.8 Å². The summed E-state index contributed by atoms with van der Waals surface area (Å²) in [5.41, 5.74) is -0.338. The first kappa shape index (κ1) is 23.5. The lowest BCUT2D eigenvalue weighted by Gasteiger charge is -2.28. The molecule has 1 saturated carbocycles. The molecule has 0 spiro atoms. The highest BCUT2D eigenvalue weighted by molar-refractivity contribution is 5.63. The van der Waals surface area contributed by atoms with E-state index in [-0.39, 0.29) is 23.1 Å². The number of nitrogens with zero attached hydrogens (tertiary/aromatic N) is 3. The van der Waals surface area contributed by atoms with Crippen LogP contribution in [0.5, 0.6) is 0 Å². The molecule has 2 saturated heterocycles. The molecule has 9 heteroatoms. The zero-order valence-electron chi connectivity index (χ0n) is 19.2. The average Bonchev–Trinajstić information content (AvgIpc) is 3.32. The second kappa shape index (κ2) is 9.41. The highest BCUT2D eigenvalue weighted by Gasteiger charge is 2.43. The van der Waals surface area contributed by atoms with Gasteiger partial charge in [0.25, 0.3) is 0 Å². The molecule has 2 atom stereocenters. The van der Waals surface area contributed by atoms with E-state index in [0.717, 1.165) is 64.6 Å². The van der Waals surface area contributed by atoms with Crippen molar-refractivity contribution < 1.29 is 22.3 Å². The van der Waals surface area contributed by atoms with Crippen LogP contribution in [0.2, 0.25) is 0 Å². The number of halogens is 4. The van der Waals surface area contributed by atoms with Gasteiger partial charge in [-0.15, -0.1) is 10.2 Å². The summed E-state index contributed by atoms with van der Waals surface area (Å²) >= 11 is 0. The molecule has 0 unspecified atom stereocenters. The number of rotatable bonds is 5. The van der Waals surface area contributed by atoms with Gasteiger partial charge in [-0.2, -0.15) is 13.2 Å². The van der Waals surface area contributed by atoms with Gasteiger partial charge < -0.3 is 15.0 Å². The number of ether oxygens (including phenoxy) is 1. The molecule has 3 fully saturated rings. The molecule has 0 bridgehead atoms. The Labute approximate surface area is 196 Å². The van der Waals surface area contributed by atoms with Gasteiger partial charge in [0, 0.05) is 44.5 Å². The van der Waals surface area contributed by atoms with Crippen molar-refractivity contribution in [3.05, 3.63) is 41.2 Å². The van der Waals surface area contributed by atoms with E-state index in [2.05, 4.69) is 20.4 Å². The summed E-state index contributed by atoms with van der Waals surface area (Å²) in [6.07, 6.45) is -0.761.